The van der Waals surface area contributed by atoms with Gasteiger partial charge < -0.3 is 10.4 Å². The lowest BCUT2D eigenvalue weighted by atomic mass is 10.1. The van der Waals surface area contributed by atoms with E-state index in [2.05, 4.69) is 43.5 Å². The van der Waals surface area contributed by atoms with E-state index < -0.39 is 28.0 Å². The molecule has 0 aliphatic rings. The Morgan fingerprint density at radius 1 is 0.605 bits per heavy atom. The predicted octanol–water partition coefficient (Wildman–Crippen LogP) is 9.79. The number of nitrogens with one attached hydrogen (secondary N) is 1. The van der Waals surface area contributed by atoms with E-state index in [0.29, 0.717) is 6.42 Å². The fourth-order valence-electron chi connectivity index (χ4n) is 5.11. The topological polar surface area (TPSA) is 104 Å². The van der Waals surface area contributed by atoms with Crippen molar-refractivity contribution in [1.29, 1.82) is 0 Å². The van der Waals surface area contributed by atoms with Crippen molar-refractivity contribution in [1.82, 2.24) is 5.32 Å². The first-order chi connectivity index (χ1) is 20.8. The Balaban J connectivity index is 4.02. The maximum atomic E-state index is 12.4. The molecule has 6 nitrogen and oxygen atoms in total. The maximum absolute atomic E-state index is 12.4. The molecule has 252 valence electrons. The lowest BCUT2D eigenvalue weighted by Gasteiger charge is -2.21. The third kappa shape index (κ3) is 31.8. The number of allylic oxidation sites excluding steroid dienone is 5. The van der Waals surface area contributed by atoms with Gasteiger partial charge in [0.1, 0.15) is 0 Å². The number of rotatable bonds is 31. The van der Waals surface area contributed by atoms with Gasteiger partial charge in [-0.25, -0.2) is 0 Å². The molecule has 0 saturated carbocycles. The van der Waals surface area contributed by atoms with Crippen molar-refractivity contribution in [3.8, 4) is 0 Å². The van der Waals surface area contributed by atoms with Crippen molar-refractivity contribution in [3.63, 3.8) is 0 Å². The summed E-state index contributed by atoms with van der Waals surface area (Å²) in [6.45, 7) is 4.47. The summed E-state index contributed by atoms with van der Waals surface area (Å²) in [7, 11) is -4.34. The molecular weight excluding hydrogens is 558 g/mol. The fraction of sp³-hybridized carbons (Fsp3) is 0.806. The zero-order valence-electron chi connectivity index (χ0n) is 27.8. The second kappa shape index (κ2) is 30.6. The first-order valence-corrected chi connectivity index (χ1v) is 19.3. The van der Waals surface area contributed by atoms with E-state index in [1.807, 2.05) is 0 Å². The van der Waals surface area contributed by atoms with Gasteiger partial charge in [-0.05, 0) is 57.8 Å². The van der Waals surface area contributed by atoms with Gasteiger partial charge in [-0.1, -0.05) is 140 Å². The summed E-state index contributed by atoms with van der Waals surface area (Å²) in [5, 5.41) is 13.1. The summed E-state index contributed by atoms with van der Waals surface area (Å²) in [6.07, 6.45) is 38.4. The number of aliphatic hydroxyl groups excluding tert-OH is 1. The first-order valence-electron chi connectivity index (χ1n) is 17.7. The van der Waals surface area contributed by atoms with Gasteiger partial charge in [-0.2, -0.15) is 8.42 Å². The van der Waals surface area contributed by atoms with Crippen molar-refractivity contribution in [2.75, 3.05) is 5.75 Å². The summed E-state index contributed by atoms with van der Waals surface area (Å²) in [6, 6.07) is -1.07. The molecule has 0 aliphatic heterocycles. The molecule has 3 N–H and O–H groups in total. The molecule has 0 radical (unpaired) electrons. The normalized spacial score (nSPS) is 13.9. The molecule has 0 spiro atoms. The van der Waals surface area contributed by atoms with Gasteiger partial charge in [-0.3, -0.25) is 9.35 Å². The van der Waals surface area contributed by atoms with E-state index in [4.69, 9.17) is 0 Å². The van der Waals surface area contributed by atoms with Gasteiger partial charge in [-0.15, -0.1) is 0 Å². The zero-order chi connectivity index (χ0) is 31.9. The molecule has 43 heavy (non-hydrogen) atoms. The summed E-state index contributed by atoms with van der Waals surface area (Å²) < 4.78 is 32.3. The molecule has 1 amide bonds. The van der Waals surface area contributed by atoms with Gasteiger partial charge in [0.25, 0.3) is 10.1 Å². The second-order valence-electron chi connectivity index (χ2n) is 12.1. The van der Waals surface area contributed by atoms with Gasteiger partial charge in [0.2, 0.25) is 5.91 Å². The van der Waals surface area contributed by atoms with E-state index >= 15 is 0 Å². The van der Waals surface area contributed by atoms with Crippen molar-refractivity contribution in [2.45, 2.75) is 180 Å². The van der Waals surface area contributed by atoms with Crippen LogP contribution in [0.3, 0.4) is 0 Å². The lowest BCUT2D eigenvalue weighted by Crippen LogP contribution is -2.46. The van der Waals surface area contributed by atoms with Crippen LogP contribution < -0.4 is 5.32 Å². The van der Waals surface area contributed by atoms with Crippen LogP contribution in [0.4, 0.5) is 0 Å². The molecule has 0 aromatic carbocycles. The van der Waals surface area contributed by atoms with Gasteiger partial charge in [0.15, 0.2) is 0 Å². The van der Waals surface area contributed by atoms with Crippen LogP contribution in [0, 0.1) is 0 Å². The minimum absolute atomic E-state index is 0.283. The second-order valence-corrected chi connectivity index (χ2v) is 13.6. The molecular formula is C36H67NO5S. The average molecular weight is 626 g/mol. The molecule has 0 aromatic rings. The number of hydrogen-bond acceptors (Lipinski definition) is 4. The van der Waals surface area contributed by atoms with E-state index in [9.17, 15) is 22.9 Å². The summed E-state index contributed by atoms with van der Waals surface area (Å²) in [5.41, 5.74) is 0. The number of carbonyl (C=O) groups is 1. The number of hydrogen-bond donors (Lipinski definition) is 3. The van der Waals surface area contributed by atoms with E-state index in [1.165, 1.54) is 102 Å². The van der Waals surface area contributed by atoms with E-state index in [1.54, 1.807) is 6.08 Å². The molecule has 2 unspecified atom stereocenters. The lowest BCUT2D eigenvalue weighted by molar-refractivity contribution is -0.122. The number of aliphatic hydroxyl groups is 1. The molecule has 0 rings (SSSR count). The van der Waals surface area contributed by atoms with Crippen molar-refractivity contribution >= 4 is 16.0 Å². The van der Waals surface area contributed by atoms with Crippen LogP contribution in [-0.2, 0) is 14.9 Å². The Labute approximate surface area is 266 Å². The van der Waals surface area contributed by atoms with Crippen LogP contribution >= 0.6 is 0 Å². The smallest absolute Gasteiger partial charge is 0.267 e. The Morgan fingerprint density at radius 2 is 1.00 bits per heavy atom. The zero-order valence-corrected chi connectivity index (χ0v) is 28.6. The van der Waals surface area contributed by atoms with Crippen LogP contribution in [0.15, 0.2) is 36.5 Å². The minimum atomic E-state index is -4.34. The third-order valence-corrected chi connectivity index (χ3v) is 8.57. The van der Waals surface area contributed by atoms with Crippen molar-refractivity contribution < 1.29 is 22.9 Å². The maximum Gasteiger partial charge on any atom is 0.267 e. The quantitative estimate of drug-likeness (QED) is 0.0404. The molecule has 0 fully saturated rings. The standard InChI is InChI=1S/C36H67NO5S/c1-3-5-7-9-11-13-15-16-17-18-19-20-22-24-26-28-30-32-36(39)37-34(33-43(40,41)42)35(38)31-29-27-25-23-21-14-12-10-8-6-4-2/h16-17,21,23,29,31,34-35,38H,3-15,18-20,22,24-28,30,32-33H2,1-2H3,(H,37,39)(H,40,41,42)/b17-16-,23-21+,31-29+. The summed E-state index contributed by atoms with van der Waals surface area (Å²) >= 11 is 0. The highest BCUT2D eigenvalue weighted by molar-refractivity contribution is 7.85. The Kier molecular flexibility index (Phi) is 29.6. The Morgan fingerprint density at radius 3 is 1.47 bits per heavy atom. The molecule has 0 heterocycles. The number of amides is 1. The van der Waals surface area contributed by atoms with Crippen molar-refractivity contribution in [2.24, 2.45) is 0 Å². The Bertz CT molecular complexity index is 821. The van der Waals surface area contributed by atoms with E-state index in [-0.39, 0.29) is 12.3 Å². The molecule has 0 saturated heterocycles. The highest BCUT2D eigenvalue weighted by Gasteiger charge is 2.24. The largest absolute Gasteiger partial charge is 0.387 e. The SMILES string of the molecule is CCCCCCC/C=C/CC/C=C/C(O)C(CS(=O)(=O)O)NC(=O)CCCCCCCCC/C=C\CCCCCCCC. The average Bonchev–Trinajstić information content (AvgIpc) is 2.96. The van der Waals surface area contributed by atoms with Crippen LogP contribution in [0.5, 0.6) is 0 Å². The molecule has 7 heteroatoms. The number of carbonyl (C=O) groups excluding carboxylic acids is 1. The highest BCUT2D eigenvalue weighted by atomic mass is 32.2. The fourth-order valence-corrected chi connectivity index (χ4v) is 5.84. The highest BCUT2D eigenvalue weighted by Crippen LogP contribution is 2.12. The first kappa shape index (κ1) is 41.6. The van der Waals surface area contributed by atoms with Crippen molar-refractivity contribution in [3.05, 3.63) is 36.5 Å². The van der Waals surface area contributed by atoms with E-state index in [0.717, 1.165) is 44.9 Å². The predicted molar refractivity (Wildman–Crippen MR) is 184 cm³/mol. The summed E-state index contributed by atoms with van der Waals surface area (Å²) in [5.74, 6) is -1.01. The van der Waals surface area contributed by atoms with Gasteiger partial charge in [0.05, 0.1) is 17.9 Å². The molecule has 0 aromatic heterocycles. The van der Waals surface area contributed by atoms with Crippen LogP contribution in [0.2, 0.25) is 0 Å². The van der Waals surface area contributed by atoms with Gasteiger partial charge >= 0.3 is 0 Å². The molecule has 0 aliphatic carbocycles. The monoisotopic (exact) mass is 625 g/mol. The van der Waals surface area contributed by atoms with Crippen LogP contribution in [0.1, 0.15) is 168 Å². The minimum Gasteiger partial charge on any atom is -0.387 e. The summed E-state index contributed by atoms with van der Waals surface area (Å²) in [4.78, 5) is 12.4. The van der Waals surface area contributed by atoms with Crippen LogP contribution in [0.25, 0.3) is 0 Å². The van der Waals surface area contributed by atoms with Crippen LogP contribution in [-0.4, -0.2) is 41.9 Å². The van der Waals surface area contributed by atoms with Gasteiger partial charge in [0, 0.05) is 6.42 Å². The number of unbranched alkanes of at least 4 members (excludes halogenated alkanes) is 19. The Hall–Kier alpha value is -1.44. The third-order valence-electron chi connectivity index (χ3n) is 7.79. The molecule has 0 bridgehead atoms. The molecule has 2 atom stereocenters.